The van der Waals surface area contributed by atoms with Gasteiger partial charge in [0.1, 0.15) is 0 Å². The van der Waals surface area contributed by atoms with Crippen LogP contribution in [0.5, 0.6) is 0 Å². The molecule has 16 heavy (non-hydrogen) atoms. The van der Waals surface area contributed by atoms with Gasteiger partial charge in [-0.1, -0.05) is 11.6 Å². The molecule has 0 atom stereocenters. The van der Waals surface area contributed by atoms with E-state index in [0.717, 1.165) is 0 Å². The largest absolute Gasteiger partial charge is 0.469 e. The van der Waals surface area contributed by atoms with Crippen molar-refractivity contribution in [2.24, 2.45) is 5.41 Å². The third-order valence-electron chi connectivity index (χ3n) is 2.13. The fraction of sp³-hybridized carbons (Fsp3) is 0.500. The molecule has 1 aromatic rings. The van der Waals surface area contributed by atoms with Gasteiger partial charge in [-0.15, -0.1) is 0 Å². The number of methoxy groups -OCH3 is 1. The number of carbonyl (C=O) groups excluding carboxylic acids is 1. The Balaban J connectivity index is 3.00. The summed E-state index contributed by atoms with van der Waals surface area (Å²) >= 11 is 5.72. The summed E-state index contributed by atoms with van der Waals surface area (Å²) in [5.41, 5.74) is -1.24. The van der Waals surface area contributed by atoms with Crippen LogP contribution < -0.4 is 5.69 Å². The summed E-state index contributed by atoms with van der Waals surface area (Å²) in [6.07, 6.45) is 2.72. The molecule has 6 heteroatoms. The van der Waals surface area contributed by atoms with Gasteiger partial charge in [-0.25, -0.2) is 9.78 Å². The topological polar surface area (TPSA) is 61.2 Å². The van der Waals surface area contributed by atoms with Crippen molar-refractivity contribution in [3.05, 3.63) is 27.9 Å². The van der Waals surface area contributed by atoms with Crippen LogP contribution in [-0.2, 0) is 16.1 Å². The summed E-state index contributed by atoms with van der Waals surface area (Å²) < 4.78 is 5.94. The first-order valence-electron chi connectivity index (χ1n) is 4.67. The van der Waals surface area contributed by atoms with E-state index in [2.05, 4.69) is 9.72 Å². The number of hydrogen-bond acceptors (Lipinski definition) is 4. The molecule has 0 unspecified atom stereocenters. The standard InChI is InChI=1S/C10H13ClN2O3/c1-10(2,8(14)16-3)6-13-5-7(11)4-12-9(13)15/h4-5H,6H2,1-3H3. The highest BCUT2D eigenvalue weighted by Gasteiger charge is 2.29. The lowest BCUT2D eigenvalue weighted by Gasteiger charge is -2.21. The molecular formula is C10H13ClN2O3. The van der Waals surface area contributed by atoms with Crippen molar-refractivity contribution in [3.8, 4) is 0 Å². The van der Waals surface area contributed by atoms with Gasteiger partial charge in [0.05, 0.1) is 23.7 Å². The van der Waals surface area contributed by atoms with Gasteiger partial charge in [-0.3, -0.25) is 9.36 Å². The second-order valence-electron chi connectivity index (χ2n) is 4.06. The van der Waals surface area contributed by atoms with E-state index in [9.17, 15) is 9.59 Å². The minimum Gasteiger partial charge on any atom is -0.469 e. The molecule has 0 bridgehead atoms. The van der Waals surface area contributed by atoms with E-state index >= 15 is 0 Å². The van der Waals surface area contributed by atoms with Gasteiger partial charge in [-0.2, -0.15) is 0 Å². The van der Waals surface area contributed by atoms with E-state index in [4.69, 9.17) is 11.6 Å². The van der Waals surface area contributed by atoms with Gasteiger partial charge in [0.15, 0.2) is 0 Å². The highest BCUT2D eigenvalue weighted by atomic mass is 35.5. The second-order valence-corrected chi connectivity index (χ2v) is 4.49. The summed E-state index contributed by atoms with van der Waals surface area (Å²) in [5, 5.41) is 0.347. The van der Waals surface area contributed by atoms with Crippen LogP contribution in [0, 0.1) is 5.41 Å². The number of aromatic nitrogens is 2. The predicted octanol–water partition coefficient (Wildman–Crippen LogP) is 1.10. The van der Waals surface area contributed by atoms with E-state index in [-0.39, 0.29) is 12.5 Å². The van der Waals surface area contributed by atoms with Crippen LogP contribution in [-0.4, -0.2) is 22.6 Å². The van der Waals surface area contributed by atoms with Crippen molar-refractivity contribution in [3.63, 3.8) is 0 Å². The van der Waals surface area contributed by atoms with Gasteiger partial charge >= 0.3 is 11.7 Å². The van der Waals surface area contributed by atoms with E-state index < -0.39 is 11.1 Å². The number of ether oxygens (including phenoxy) is 1. The average molecular weight is 245 g/mol. The molecule has 0 aliphatic heterocycles. The molecule has 5 nitrogen and oxygen atoms in total. The summed E-state index contributed by atoms with van der Waals surface area (Å²) in [4.78, 5) is 26.4. The maximum atomic E-state index is 11.4. The summed E-state index contributed by atoms with van der Waals surface area (Å²) in [6, 6.07) is 0. The zero-order chi connectivity index (χ0) is 12.3. The molecule has 1 heterocycles. The quantitative estimate of drug-likeness (QED) is 0.747. The number of carbonyl (C=O) groups is 1. The van der Waals surface area contributed by atoms with Gasteiger partial charge in [-0.05, 0) is 13.8 Å². The third-order valence-corrected chi connectivity index (χ3v) is 2.32. The fourth-order valence-corrected chi connectivity index (χ4v) is 1.48. The molecule has 0 aliphatic carbocycles. The molecule has 0 saturated carbocycles. The van der Waals surface area contributed by atoms with E-state index in [1.807, 2.05) is 0 Å². The minimum atomic E-state index is -0.801. The molecule has 0 saturated heterocycles. The molecule has 0 radical (unpaired) electrons. The molecule has 88 valence electrons. The van der Waals surface area contributed by atoms with Gasteiger partial charge in [0, 0.05) is 12.7 Å². The first-order chi connectivity index (χ1) is 7.36. The number of hydrogen-bond donors (Lipinski definition) is 0. The lowest BCUT2D eigenvalue weighted by molar-refractivity contribution is -0.151. The smallest absolute Gasteiger partial charge is 0.347 e. The first-order valence-corrected chi connectivity index (χ1v) is 5.05. The van der Waals surface area contributed by atoms with Gasteiger partial charge in [0.25, 0.3) is 0 Å². The molecule has 0 aliphatic rings. The van der Waals surface area contributed by atoms with Crippen LogP contribution in [0.25, 0.3) is 0 Å². The summed E-state index contributed by atoms with van der Waals surface area (Å²) in [7, 11) is 1.31. The lowest BCUT2D eigenvalue weighted by Crippen LogP contribution is -2.35. The molecule has 0 fully saturated rings. The highest BCUT2D eigenvalue weighted by Crippen LogP contribution is 2.19. The number of rotatable bonds is 3. The maximum Gasteiger partial charge on any atom is 0.347 e. The van der Waals surface area contributed by atoms with Crippen LogP contribution in [0.2, 0.25) is 5.02 Å². The molecule has 0 aromatic carbocycles. The number of halogens is 1. The molecule has 0 N–H and O–H groups in total. The van der Waals surface area contributed by atoms with Crippen molar-refractivity contribution in [2.75, 3.05) is 7.11 Å². The third kappa shape index (κ3) is 2.82. The van der Waals surface area contributed by atoms with Gasteiger partial charge in [0.2, 0.25) is 0 Å². The van der Waals surface area contributed by atoms with Crippen LogP contribution >= 0.6 is 11.6 Å². The Morgan fingerprint density at radius 2 is 2.25 bits per heavy atom. The Kier molecular flexibility index (Phi) is 3.70. The average Bonchev–Trinajstić information content (AvgIpc) is 2.22. The Hall–Kier alpha value is -1.36. The van der Waals surface area contributed by atoms with Crippen molar-refractivity contribution in [1.82, 2.24) is 9.55 Å². The van der Waals surface area contributed by atoms with Crippen molar-refractivity contribution >= 4 is 17.6 Å². The van der Waals surface area contributed by atoms with E-state index in [0.29, 0.717) is 5.02 Å². The molecule has 0 spiro atoms. The maximum absolute atomic E-state index is 11.4. The van der Waals surface area contributed by atoms with Crippen LogP contribution in [0.3, 0.4) is 0 Å². The van der Waals surface area contributed by atoms with Crippen molar-refractivity contribution < 1.29 is 9.53 Å². The van der Waals surface area contributed by atoms with Crippen molar-refractivity contribution in [1.29, 1.82) is 0 Å². The Morgan fingerprint density at radius 3 is 2.81 bits per heavy atom. The number of esters is 1. The van der Waals surface area contributed by atoms with Crippen LogP contribution in [0.4, 0.5) is 0 Å². The Morgan fingerprint density at radius 1 is 1.62 bits per heavy atom. The van der Waals surface area contributed by atoms with Gasteiger partial charge < -0.3 is 4.74 Å². The van der Waals surface area contributed by atoms with E-state index in [1.165, 1.54) is 24.1 Å². The normalized spacial score (nSPS) is 11.2. The zero-order valence-corrected chi connectivity index (χ0v) is 10.1. The fourth-order valence-electron chi connectivity index (χ4n) is 1.31. The SMILES string of the molecule is COC(=O)C(C)(C)Cn1cc(Cl)cnc1=O. The minimum absolute atomic E-state index is 0.173. The first kappa shape index (κ1) is 12.7. The monoisotopic (exact) mass is 244 g/mol. The summed E-state index contributed by atoms with van der Waals surface area (Å²) in [5.74, 6) is -0.389. The lowest BCUT2D eigenvalue weighted by atomic mass is 9.94. The molecular weight excluding hydrogens is 232 g/mol. The molecule has 0 amide bonds. The Bertz CT molecular complexity index is 454. The van der Waals surface area contributed by atoms with E-state index in [1.54, 1.807) is 13.8 Å². The van der Waals surface area contributed by atoms with Crippen LogP contribution in [0.15, 0.2) is 17.2 Å². The zero-order valence-electron chi connectivity index (χ0n) is 9.36. The number of nitrogens with zero attached hydrogens (tertiary/aromatic N) is 2. The highest BCUT2D eigenvalue weighted by molar-refractivity contribution is 6.30. The molecule has 1 rings (SSSR count). The predicted molar refractivity (Wildman–Crippen MR) is 59.3 cm³/mol. The summed E-state index contributed by atoms with van der Waals surface area (Å²) in [6.45, 7) is 3.55. The molecule has 1 aromatic heterocycles. The van der Waals surface area contributed by atoms with Crippen LogP contribution in [0.1, 0.15) is 13.8 Å². The Labute approximate surface area is 98.0 Å². The second kappa shape index (κ2) is 4.65. The van der Waals surface area contributed by atoms with Crippen molar-refractivity contribution in [2.45, 2.75) is 20.4 Å².